The number of hydrogen-bond acceptors (Lipinski definition) is 3. The first-order chi connectivity index (χ1) is 8.99. The van der Waals surface area contributed by atoms with E-state index in [1.165, 1.54) is 0 Å². The number of aryl methyl sites for hydroxylation is 1. The molecule has 4 nitrogen and oxygen atoms in total. The van der Waals surface area contributed by atoms with Gasteiger partial charge in [0.05, 0.1) is 17.0 Å². The first-order valence-electron chi connectivity index (χ1n) is 6.47. The van der Waals surface area contributed by atoms with E-state index in [0.29, 0.717) is 24.9 Å². The molecule has 0 saturated heterocycles. The van der Waals surface area contributed by atoms with Gasteiger partial charge in [0.2, 0.25) is 0 Å². The van der Waals surface area contributed by atoms with Gasteiger partial charge < -0.3 is 10.4 Å². The maximum Gasteiger partial charge on any atom is 0.311 e. The third-order valence-electron chi connectivity index (χ3n) is 3.78. The Bertz CT molecular complexity index is 499. The summed E-state index contributed by atoms with van der Waals surface area (Å²) in [5.74, 6) is -0.768. The highest BCUT2D eigenvalue weighted by molar-refractivity contribution is 5.75. The van der Waals surface area contributed by atoms with Crippen molar-refractivity contribution in [2.24, 2.45) is 5.41 Å². The molecule has 0 spiro atoms. The quantitative estimate of drug-likeness (QED) is 0.824. The van der Waals surface area contributed by atoms with Crippen LogP contribution in [0.3, 0.4) is 0 Å². The van der Waals surface area contributed by atoms with Crippen LogP contribution in [0.5, 0.6) is 0 Å². The minimum atomic E-state index is -0.768. The van der Waals surface area contributed by atoms with Crippen molar-refractivity contribution in [1.29, 1.82) is 5.26 Å². The summed E-state index contributed by atoms with van der Waals surface area (Å²) in [5, 5.41) is 21.4. The van der Waals surface area contributed by atoms with E-state index in [2.05, 4.69) is 11.4 Å². The number of nitriles is 1. The lowest BCUT2D eigenvalue weighted by atomic mass is 9.82. The molecule has 0 radical (unpaired) electrons. The van der Waals surface area contributed by atoms with Gasteiger partial charge in [-0.05, 0) is 43.5 Å². The Kier molecular flexibility index (Phi) is 4.94. The lowest BCUT2D eigenvalue weighted by Gasteiger charge is -2.27. The van der Waals surface area contributed by atoms with Crippen LogP contribution in [0.4, 0.5) is 5.69 Å². The summed E-state index contributed by atoms with van der Waals surface area (Å²) < 4.78 is 0. The van der Waals surface area contributed by atoms with Gasteiger partial charge in [0.15, 0.2) is 0 Å². The van der Waals surface area contributed by atoms with Crippen LogP contribution in [0, 0.1) is 23.7 Å². The number of rotatable bonds is 6. The zero-order valence-electron chi connectivity index (χ0n) is 11.7. The normalized spacial score (nSPS) is 10.8. The molecule has 1 aromatic carbocycles. The van der Waals surface area contributed by atoms with E-state index in [1.807, 2.05) is 32.9 Å². The topological polar surface area (TPSA) is 73.1 Å². The van der Waals surface area contributed by atoms with Crippen molar-refractivity contribution >= 4 is 11.7 Å². The Morgan fingerprint density at radius 3 is 2.47 bits per heavy atom. The number of carboxylic acid groups (broad SMARTS) is 1. The number of anilines is 1. The molecule has 1 aromatic rings. The second-order valence-corrected chi connectivity index (χ2v) is 4.79. The zero-order valence-corrected chi connectivity index (χ0v) is 11.7. The van der Waals surface area contributed by atoms with E-state index in [1.54, 1.807) is 6.07 Å². The zero-order chi connectivity index (χ0) is 14.5. The molecule has 4 heteroatoms. The van der Waals surface area contributed by atoms with E-state index in [9.17, 15) is 9.90 Å². The van der Waals surface area contributed by atoms with Crippen molar-refractivity contribution in [3.8, 4) is 6.07 Å². The molecule has 102 valence electrons. The predicted octanol–water partition coefficient (Wildman–Crippen LogP) is 3.17. The van der Waals surface area contributed by atoms with Gasteiger partial charge in [0.25, 0.3) is 0 Å². The van der Waals surface area contributed by atoms with E-state index in [-0.39, 0.29) is 0 Å². The maximum absolute atomic E-state index is 11.4. The van der Waals surface area contributed by atoms with E-state index in [4.69, 9.17) is 5.26 Å². The van der Waals surface area contributed by atoms with Crippen LogP contribution in [-0.2, 0) is 4.79 Å². The molecule has 0 aliphatic rings. The van der Waals surface area contributed by atoms with Gasteiger partial charge in [-0.3, -0.25) is 4.79 Å². The minimum absolute atomic E-state index is 0.390. The molecule has 0 amide bonds. The second-order valence-electron chi connectivity index (χ2n) is 4.79. The minimum Gasteiger partial charge on any atom is -0.481 e. The van der Waals surface area contributed by atoms with Crippen molar-refractivity contribution in [2.45, 2.75) is 33.6 Å². The summed E-state index contributed by atoms with van der Waals surface area (Å²) >= 11 is 0. The number of aliphatic carboxylic acids is 1. The summed E-state index contributed by atoms with van der Waals surface area (Å²) in [6.45, 7) is 6.04. The van der Waals surface area contributed by atoms with Gasteiger partial charge in [-0.1, -0.05) is 13.8 Å². The third kappa shape index (κ3) is 3.25. The van der Waals surface area contributed by atoms with Gasteiger partial charge >= 0.3 is 5.97 Å². The number of carboxylic acids is 1. The standard InChI is InChI=1S/C15H20N2O2/c1-4-15(5-2,14(18)19)10-17-13-7-6-12(9-16)11(3)8-13/h6-8,17H,4-5,10H2,1-3H3,(H,18,19). The Balaban J connectivity index is 2.84. The van der Waals surface area contributed by atoms with Gasteiger partial charge in [-0.25, -0.2) is 0 Å². The van der Waals surface area contributed by atoms with Crippen LogP contribution in [0.1, 0.15) is 37.8 Å². The lowest BCUT2D eigenvalue weighted by molar-refractivity contribution is -0.148. The van der Waals surface area contributed by atoms with Crippen LogP contribution in [0.25, 0.3) is 0 Å². The average molecular weight is 260 g/mol. The molecule has 0 heterocycles. The average Bonchev–Trinajstić information content (AvgIpc) is 2.40. The highest BCUT2D eigenvalue weighted by Crippen LogP contribution is 2.27. The molecule has 0 aromatic heterocycles. The van der Waals surface area contributed by atoms with Crippen LogP contribution in [0.2, 0.25) is 0 Å². The summed E-state index contributed by atoms with van der Waals surface area (Å²) in [4.78, 5) is 11.4. The van der Waals surface area contributed by atoms with Crippen molar-refractivity contribution in [2.75, 3.05) is 11.9 Å². The van der Waals surface area contributed by atoms with E-state index < -0.39 is 11.4 Å². The largest absolute Gasteiger partial charge is 0.481 e. The summed E-state index contributed by atoms with van der Waals surface area (Å²) in [7, 11) is 0. The smallest absolute Gasteiger partial charge is 0.311 e. The highest BCUT2D eigenvalue weighted by atomic mass is 16.4. The fourth-order valence-electron chi connectivity index (χ4n) is 2.05. The molecule has 0 fully saturated rings. The molecule has 0 saturated carbocycles. The SMILES string of the molecule is CCC(CC)(CNc1ccc(C#N)c(C)c1)C(=O)O. The second kappa shape index (κ2) is 6.24. The summed E-state index contributed by atoms with van der Waals surface area (Å²) in [6, 6.07) is 7.54. The van der Waals surface area contributed by atoms with E-state index in [0.717, 1.165) is 11.3 Å². The van der Waals surface area contributed by atoms with Crippen LogP contribution >= 0.6 is 0 Å². The van der Waals surface area contributed by atoms with Crippen molar-refractivity contribution in [3.05, 3.63) is 29.3 Å². The van der Waals surface area contributed by atoms with Gasteiger partial charge in [0, 0.05) is 12.2 Å². The number of hydrogen-bond donors (Lipinski definition) is 2. The van der Waals surface area contributed by atoms with Crippen LogP contribution in [-0.4, -0.2) is 17.6 Å². The first-order valence-corrected chi connectivity index (χ1v) is 6.47. The molecule has 1 rings (SSSR count). The Morgan fingerprint density at radius 2 is 2.05 bits per heavy atom. The molecule has 0 bridgehead atoms. The third-order valence-corrected chi connectivity index (χ3v) is 3.78. The highest BCUT2D eigenvalue weighted by Gasteiger charge is 2.34. The number of benzene rings is 1. The number of nitrogens with one attached hydrogen (secondary N) is 1. The predicted molar refractivity (Wildman–Crippen MR) is 75.0 cm³/mol. The van der Waals surface area contributed by atoms with Crippen molar-refractivity contribution < 1.29 is 9.90 Å². The monoisotopic (exact) mass is 260 g/mol. The van der Waals surface area contributed by atoms with Crippen molar-refractivity contribution in [1.82, 2.24) is 0 Å². The molecule has 19 heavy (non-hydrogen) atoms. The van der Waals surface area contributed by atoms with Crippen LogP contribution in [0.15, 0.2) is 18.2 Å². The fourth-order valence-corrected chi connectivity index (χ4v) is 2.05. The van der Waals surface area contributed by atoms with Crippen molar-refractivity contribution in [3.63, 3.8) is 0 Å². The molecule has 2 N–H and O–H groups in total. The molecule has 0 aliphatic carbocycles. The lowest BCUT2D eigenvalue weighted by Crippen LogP contribution is -2.36. The first kappa shape index (κ1) is 15.0. The number of nitrogens with zero attached hydrogens (tertiary/aromatic N) is 1. The van der Waals surface area contributed by atoms with Crippen LogP contribution < -0.4 is 5.32 Å². The summed E-state index contributed by atoms with van der Waals surface area (Å²) in [5.41, 5.74) is 1.65. The molecule has 0 aliphatic heterocycles. The van der Waals surface area contributed by atoms with Gasteiger partial charge in [0.1, 0.15) is 0 Å². The van der Waals surface area contributed by atoms with Gasteiger partial charge in [-0.2, -0.15) is 5.26 Å². The fraction of sp³-hybridized carbons (Fsp3) is 0.467. The Labute approximate surface area is 114 Å². The molecule has 0 unspecified atom stereocenters. The van der Waals surface area contributed by atoms with E-state index >= 15 is 0 Å². The molecule has 0 atom stereocenters. The Hall–Kier alpha value is -2.02. The molecular formula is C15H20N2O2. The van der Waals surface area contributed by atoms with Gasteiger partial charge in [-0.15, -0.1) is 0 Å². The Morgan fingerprint density at radius 1 is 1.42 bits per heavy atom. The maximum atomic E-state index is 11.4. The summed E-state index contributed by atoms with van der Waals surface area (Å²) in [6.07, 6.45) is 1.17. The number of carbonyl (C=O) groups is 1. The molecular weight excluding hydrogens is 240 g/mol.